The van der Waals surface area contributed by atoms with Crippen LogP contribution in [0.3, 0.4) is 0 Å². The lowest BCUT2D eigenvalue weighted by molar-refractivity contribution is -0.119. The maximum atomic E-state index is 13.4. The molecule has 0 aliphatic rings. The summed E-state index contributed by atoms with van der Waals surface area (Å²) in [6.45, 7) is 3.44. The third kappa shape index (κ3) is 3.78. The van der Waals surface area contributed by atoms with Gasteiger partial charge in [-0.15, -0.1) is 0 Å². The normalized spacial score (nSPS) is 12.2. The van der Waals surface area contributed by atoms with E-state index in [0.29, 0.717) is 23.4 Å². The van der Waals surface area contributed by atoms with E-state index in [1.807, 2.05) is 60.0 Å². The van der Waals surface area contributed by atoms with Crippen molar-refractivity contribution < 1.29 is 9.59 Å². The second kappa shape index (κ2) is 8.35. The van der Waals surface area contributed by atoms with Gasteiger partial charge < -0.3 is 15.2 Å². The molecular formula is C26H23N5O2. The number of nitrogens with zero attached hydrogens (tertiary/aromatic N) is 3. The van der Waals surface area contributed by atoms with Crippen molar-refractivity contribution in [2.24, 2.45) is 0 Å². The maximum absolute atomic E-state index is 13.4. The van der Waals surface area contributed by atoms with Crippen LogP contribution >= 0.6 is 0 Å². The van der Waals surface area contributed by atoms with Gasteiger partial charge in [-0.25, -0.2) is 9.97 Å². The van der Waals surface area contributed by atoms with Crippen LogP contribution in [-0.4, -0.2) is 26.3 Å². The molecule has 2 heterocycles. The summed E-state index contributed by atoms with van der Waals surface area (Å²) in [5.74, 6) is -0.278. The van der Waals surface area contributed by atoms with Gasteiger partial charge in [0, 0.05) is 23.7 Å². The first-order valence-electron chi connectivity index (χ1n) is 10.9. The van der Waals surface area contributed by atoms with Crippen molar-refractivity contribution in [2.75, 3.05) is 10.6 Å². The van der Waals surface area contributed by atoms with Crippen LogP contribution in [-0.2, 0) is 9.59 Å². The fourth-order valence-electron chi connectivity index (χ4n) is 4.20. The Labute approximate surface area is 190 Å². The summed E-state index contributed by atoms with van der Waals surface area (Å²) >= 11 is 0. The molecule has 164 valence electrons. The summed E-state index contributed by atoms with van der Waals surface area (Å²) in [4.78, 5) is 34.4. The first-order valence-corrected chi connectivity index (χ1v) is 10.9. The van der Waals surface area contributed by atoms with Crippen LogP contribution in [0.15, 0.2) is 72.8 Å². The molecule has 2 N–H and O–H groups in total. The van der Waals surface area contributed by atoms with Crippen molar-refractivity contribution in [1.29, 1.82) is 0 Å². The molecule has 7 nitrogen and oxygen atoms in total. The molecule has 0 radical (unpaired) electrons. The fraction of sp³-hybridized carbons (Fsp3) is 0.154. The highest BCUT2D eigenvalue weighted by atomic mass is 16.2. The number of hydrogen-bond acceptors (Lipinski definition) is 4. The van der Waals surface area contributed by atoms with E-state index in [0.717, 1.165) is 27.5 Å². The van der Waals surface area contributed by atoms with Gasteiger partial charge in [0.05, 0.1) is 16.6 Å². The van der Waals surface area contributed by atoms with Gasteiger partial charge in [-0.1, -0.05) is 37.3 Å². The number of carbonyl (C=O) groups is 2. The van der Waals surface area contributed by atoms with E-state index in [1.54, 1.807) is 24.3 Å². The molecule has 0 spiro atoms. The lowest BCUT2D eigenvalue weighted by Crippen LogP contribution is -2.25. The van der Waals surface area contributed by atoms with Crippen molar-refractivity contribution in [2.45, 2.75) is 26.3 Å². The number of nitrogens with one attached hydrogen (secondary N) is 2. The molecule has 5 aromatic rings. The number of carbonyl (C=O) groups excluding carboxylic acids is 2. The fourth-order valence-corrected chi connectivity index (χ4v) is 4.20. The molecule has 7 heteroatoms. The molecular weight excluding hydrogens is 414 g/mol. The molecule has 0 aliphatic carbocycles. The van der Waals surface area contributed by atoms with Crippen molar-refractivity contribution >= 4 is 56.3 Å². The molecule has 1 atom stereocenters. The van der Waals surface area contributed by atoms with Gasteiger partial charge in [0.15, 0.2) is 5.65 Å². The number of fused-ring (bicyclic) bond motifs is 4. The number of amides is 2. The molecule has 1 unspecified atom stereocenters. The number of benzene rings is 3. The predicted molar refractivity (Wildman–Crippen MR) is 131 cm³/mol. The van der Waals surface area contributed by atoms with Crippen LogP contribution in [0.5, 0.6) is 0 Å². The molecule has 0 saturated carbocycles. The third-order valence-electron chi connectivity index (χ3n) is 5.67. The number of rotatable bonds is 5. The highest BCUT2D eigenvalue weighted by Gasteiger charge is 2.25. The number of para-hydroxylation sites is 3. The van der Waals surface area contributed by atoms with Crippen LogP contribution in [0.25, 0.3) is 33.1 Å². The zero-order valence-electron chi connectivity index (χ0n) is 18.4. The Balaban J connectivity index is 1.57. The zero-order valence-corrected chi connectivity index (χ0v) is 18.4. The first-order chi connectivity index (χ1) is 16.0. The SMILES string of the molecule is CCC(C(=O)Nc1ccc(NC(C)=O)cc1)n1c2ccccc2c2nc3ccccc3nc21. The third-order valence-corrected chi connectivity index (χ3v) is 5.67. The van der Waals surface area contributed by atoms with E-state index in [4.69, 9.17) is 9.97 Å². The molecule has 5 rings (SSSR count). The van der Waals surface area contributed by atoms with Crippen LogP contribution in [0.4, 0.5) is 11.4 Å². The van der Waals surface area contributed by atoms with Crippen LogP contribution in [0.2, 0.25) is 0 Å². The molecule has 2 amide bonds. The lowest BCUT2D eigenvalue weighted by Gasteiger charge is -2.19. The standard InChI is InChI=1S/C26H23N5O2/c1-3-22(26(33)28-18-14-12-17(13-15-18)27-16(2)32)31-23-11-7-4-8-19(23)24-25(31)30-21-10-6-5-9-20(21)29-24/h4-15,22H,3H2,1-2H3,(H,27,32)(H,28,33). The largest absolute Gasteiger partial charge is 0.326 e. The second-order valence-corrected chi connectivity index (χ2v) is 7.94. The highest BCUT2D eigenvalue weighted by molar-refractivity contribution is 6.08. The quantitative estimate of drug-likeness (QED) is 0.391. The monoisotopic (exact) mass is 437 g/mol. The first kappa shape index (κ1) is 20.6. The van der Waals surface area contributed by atoms with Crippen LogP contribution in [0, 0.1) is 0 Å². The van der Waals surface area contributed by atoms with Crippen molar-refractivity contribution in [3.05, 3.63) is 72.8 Å². The van der Waals surface area contributed by atoms with E-state index < -0.39 is 6.04 Å². The van der Waals surface area contributed by atoms with E-state index in [-0.39, 0.29) is 11.8 Å². The molecule has 0 saturated heterocycles. The van der Waals surface area contributed by atoms with Gasteiger partial charge in [-0.2, -0.15) is 0 Å². The van der Waals surface area contributed by atoms with Crippen LogP contribution < -0.4 is 10.6 Å². The average Bonchev–Trinajstić information content (AvgIpc) is 3.12. The Morgan fingerprint density at radius 1 is 0.848 bits per heavy atom. The van der Waals surface area contributed by atoms with Gasteiger partial charge in [-0.05, 0) is 48.9 Å². The summed E-state index contributed by atoms with van der Waals surface area (Å²) in [5, 5.41) is 6.70. The summed E-state index contributed by atoms with van der Waals surface area (Å²) in [5.41, 5.74) is 5.35. The van der Waals surface area contributed by atoms with Crippen molar-refractivity contribution in [3.8, 4) is 0 Å². The van der Waals surface area contributed by atoms with Crippen LogP contribution in [0.1, 0.15) is 26.3 Å². The van der Waals surface area contributed by atoms with Gasteiger partial charge in [0.25, 0.3) is 0 Å². The maximum Gasteiger partial charge on any atom is 0.247 e. The number of aromatic nitrogens is 3. The second-order valence-electron chi connectivity index (χ2n) is 7.94. The average molecular weight is 438 g/mol. The summed E-state index contributed by atoms with van der Waals surface area (Å²) in [6.07, 6.45) is 0.581. The van der Waals surface area contributed by atoms with E-state index in [1.165, 1.54) is 6.92 Å². The Morgan fingerprint density at radius 2 is 1.45 bits per heavy atom. The smallest absolute Gasteiger partial charge is 0.247 e. The molecule has 33 heavy (non-hydrogen) atoms. The summed E-state index contributed by atoms with van der Waals surface area (Å²) < 4.78 is 1.99. The predicted octanol–water partition coefficient (Wildman–Crippen LogP) is 5.29. The minimum absolute atomic E-state index is 0.137. The van der Waals surface area contributed by atoms with Gasteiger partial charge >= 0.3 is 0 Å². The Morgan fingerprint density at radius 3 is 2.12 bits per heavy atom. The van der Waals surface area contributed by atoms with Crippen molar-refractivity contribution in [1.82, 2.24) is 14.5 Å². The molecule has 3 aromatic carbocycles. The summed E-state index contributed by atoms with van der Waals surface area (Å²) in [7, 11) is 0. The van der Waals surface area contributed by atoms with E-state index in [2.05, 4.69) is 10.6 Å². The minimum Gasteiger partial charge on any atom is -0.326 e. The van der Waals surface area contributed by atoms with Crippen molar-refractivity contribution in [3.63, 3.8) is 0 Å². The Hall–Kier alpha value is -4.26. The molecule has 0 fully saturated rings. The van der Waals surface area contributed by atoms with Gasteiger partial charge in [0.1, 0.15) is 11.6 Å². The van der Waals surface area contributed by atoms with Gasteiger partial charge in [0.2, 0.25) is 11.8 Å². The van der Waals surface area contributed by atoms with E-state index in [9.17, 15) is 9.59 Å². The molecule has 2 aromatic heterocycles. The Bertz CT molecular complexity index is 1500. The minimum atomic E-state index is -0.474. The van der Waals surface area contributed by atoms with Gasteiger partial charge in [-0.3, -0.25) is 9.59 Å². The van der Waals surface area contributed by atoms with E-state index >= 15 is 0 Å². The molecule has 0 aliphatic heterocycles. The zero-order chi connectivity index (χ0) is 22.9. The Kier molecular flexibility index (Phi) is 5.22. The molecule has 0 bridgehead atoms. The summed E-state index contributed by atoms with van der Waals surface area (Å²) in [6, 6.07) is 22.3. The highest BCUT2D eigenvalue weighted by Crippen LogP contribution is 2.32. The number of anilines is 2. The lowest BCUT2D eigenvalue weighted by atomic mass is 10.1. The number of hydrogen-bond donors (Lipinski definition) is 2. The topological polar surface area (TPSA) is 88.9 Å².